The van der Waals surface area contributed by atoms with Crippen LogP contribution < -0.4 is 44.7 Å². The first-order valence-corrected chi connectivity index (χ1v) is 14.1. The van der Waals surface area contributed by atoms with E-state index in [1.807, 2.05) is 0 Å². The molecule has 1 fully saturated rings. The number of benzene rings is 3. The van der Waals surface area contributed by atoms with Gasteiger partial charge in [0, 0.05) is 29.7 Å². The number of nitrogens with one attached hydrogen (secondary N) is 1. The Kier molecular flexibility index (Phi) is 12.7. The first-order chi connectivity index (χ1) is 21.3. The molecule has 3 atom stereocenters. The molecule has 14 heteroatoms. The van der Waals surface area contributed by atoms with E-state index in [4.69, 9.17) is 4.74 Å². The number of methoxy groups -OCH3 is 1. The summed E-state index contributed by atoms with van der Waals surface area (Å²) in [4.78, 5) is 40.7. The van der Waals surface area contributed by atoms with E-state index in [-0.39, 0.29) is 66.8 Å². The van der Waals surface area contributed by atoms with E-state index in [1.54, 1.807) is 30.3 Å². The molecule has 1 saturated heterocycles. The number of urea groups is 1. The molecule has 1 aliphatic heterocycles. The Morgan fingerprint density at radius 1 is 1.02 bits per heavy atom. The Hall–Kier alpha value is -3.52. The molecule has 1 heterocycles. The van der Waals surface area contributed by atoms with Gasteiger partial charge in [-0.05, 0) is 50.1 Å². The molecule has 1 aliphatic rings. The summed E-state index contributed by atoms with van der Waals surface area (Å²) in [5.41, 5.74) is -1.62. The quantitative estimate of drug-likeness (QED) is 0.182. The second-order valence-corrected chi connectivity index (χ2v) is 10.6. The molecule has 0 radical (unpaired) electrons. The largest absolute Gasteiger partial charge is 1.00 e. The minimum atomic E-state index is -4.94. The molecule has 2 unspecified atom stereocenters. The van der Waals surface area contributed by atoms with Crippen LogP contribution in [-0.4, -0.2) is 53.9 Å². The Labute approximate surface area is 284 Å². The molecule has 46 heavy (non-hydrogen) atoms. The van der Waals surface area contributed by atoms with Gasteiger partial charge in [0.2, 0.25) is 5.91 Å². The van der Waals surface area contributed by atoms with E-state index in [1.165, 1.54) is 32.2 Å². The topological polar surface area (TPSA) is 102 Å². The van der Waals surface area contributed by atoms with E-state index in [9.17, 15) is 37.1 Å². The zero-order valence-electron chi connectivity index (χ0n) is 25.4. The van der Waals surface area contributed by atoms with Crippen LogP contribution in [0.2, 0.25) is 0 Å². The number of imide groups is 1. The van der Waals surface area contributed by atoms with E-state index in [0.717, 1.165) is 21.9 Å². The number of carboxylic acid groups (broad SMARTS) is 1. The van der Waals surface area contributed by atoms with Crippen LogP contribution in [0.1, 0.15) is 54.0 Å². The van der Waals surface area contributed by atoms with Gasteiger partial charge in [0.25, 0.3) is 0 Å². The van der Waals surface area contributed by atoms with E-state index in [0.29, 0.717) is 11.6 Å². The van der Waals surface area contributed by atoms with E-state index in [2.05, 4.69) is 5.32 Å². The maximum absolute atomic E-state index is 15.6. The average Bonchev–Trinajstić information content (AvgIpc) is 2.99. The third kappa shape index (κ3) is 8.24. The molecule has 0 bridgehead atoms. The fraction of sp³-hybridized carbons (Fsp3) is 0.344. The SMILES string of the molecule is COc1cccc(C2C(=O)N(C[C@H](NCCCC(=O)[O-])c3ccccc3)C(=O)N(Cc3c(F)cccc3C(F)(F)F)C2C)c1F.[Na+]. The Morgan fingerprint density at radius 2 is 1.70 bits per heavy atom. The molecule has 0 aromatic heterocycles. The summed E-state index contributed by atoms with van der Waals surface area (Å²) in [7, 11) is 1.23. The van der Waals surface area contributed by atoms with Crippen LogP contribution >= 0.6 is 0 Å². The van der Waals surface area contributed by atoms with Crippen LogP contribution in [0.15, 0.2) is 66.7 Å². The summed E-state index contributed by atoms with van der Waals surface area (Å²) in [5, 5.41) is 14.0. The number of carbonyl (C=O) groups excluding carboxylic acids is 3. The van der Waals surface area contributed by atoms with Crippen LogP contribution in [0.4, 0.5) is 26.7 Å². The third-order valence-electron chi connectivity index (χ3n) is 7.80. The van der Waals surface area contributed by atoms with Gasteiger partial charge in [0.15, 0.2) is 11.6 Å². The molecule has 4 rings (SSSR count). The predicted molar refractivity (Wildman–Crippen MR) is 151 cm³/mol. The maximum Gasteiger partial charge on any atom is 1.00 e. The number of carboxylic acids is 1. The van der Waals surface area contributed by atoms with Crippen molar-refractivity contribution >= 4 is 17.9 Å². The molecular formula is C32H31F5N3NaO5. The molecular weight excluding hydrogens is 624 g/mol. The molecule has 240 valence electrons. The zero-order chi connectivity index (χ0) is 32.9. The van der Waals surface area contributed by atoms with Crippen molar-refractivity contribution in [3.63, 3.8) is 0 Å². The number of nitrogens with zero attached hydrogens (tertiary/aromatic N) is 2. The number of halogens is 5. The molecule has 0 aliphatic carbocycles. The maximum atomic E-state index is 15.6. The van der Waals surface area contributed by atoms with Crippen LogP contribution in [0.5, 0.6) is 5.75 Å². The van der Waals surface area contributed by atoms with Crippen LogP contribution in [0, 0.1) is 11.6 Å². The number of amides is 3. The monoisotopic (exact) mass is 655 g/mol. The van der Waals surface area contributed by atoms with E-state index >= 15 is 4.39 Å². The Morgan fingerprint density at radius 3 is 2.33 bits per heavy atom. The van der Waals surface area contributed by atoms with Gasteiger partial charge in [-0.3, -0.25) is 9.69 Å². The van der Waals surface area contributed by atoms with Gasteiger partial charge in [-0.25, -0.2) is 13.6 Å². The molecule has 3 aromatic carbocycles. The number of rotatable bonds is 12. The molecule has 3 amide bonds. The minimum Gasteiger partial charge on any atom is -0.550 e. The van der Waals surface area contributed by atoms with Crippen molar-refractivity contribution in [2.24, 2.45) is 0 Å². The van der Waals surface area contributed by atoms with Gasteiger partial charge in [0.05, 0.1) is 31.2 Å². The van der Waals surface area contributed by atoms with Crippen LogP contribution in [0.3, 0.4) is 0 Å². The molecule has 3 aromatic rings. The summed E-state index contributed by atoms with van der Waals surface area (Å²) in [6.45, 7) is 0.337. The standard InChI is InChI=1S/C32H32F5N3O5.Na/c1-19-28(21-11-6-14-26(45-2)29(21)34)30(43)40(18-25(20-9-4-3-5-10-20)38-16-8-15-27(41)42)31(44)39(19)17-22-23(32(35,36)37)12-7-13-24(22)33;/h3-7,9-14,19,25,28,38H,8,15-18H2,1-2H3,(H,41,42);/q;+1/p-1/t19?,25-,28?;/m0./s1. The number of hydrogen-bond acceptors (Lipinski definition) is 6. The second-order valence-electron chi connectivity index (χ2n) is 10.6. The smallest absolute Gasteiger partial charge is 0.550 e. The molecule has 1 N–H and O–H groups in total. The first-order valence-electron chi connectivity index (χ1n) is 14.1. The summed E-state index contributed by atoms with van der Waals surface area (Å²) < 4.78 is 77.3. The second kappa shape index (κ2) is 15.9. The third-order valence-corrected chi connectivity index (χ3v) is 7.80. The number of carbonyl (C=O) groups is 3. The van der Waals surface area contributed by atoms with Gasteiger partial charge >= 0.3 is 41.8 Å². The normalized spacial score (nSPS) is 17.5. The van der Waals surface area contributed by atoms with Crippen molar-refractivity contribution in [2.75, 3.05) is 20.2 Å². The van der Waals surface area contributed by atoms with Gasteiger partial charge in [-0.2, -0.15) is 13.2 Å². The van der Waals surface area contributed by atoms with Crippen molar-refractivity contribution < 1.29 is 75.7 Å². The van der Waals surface area contributed by atoms with Crippen molar-refractivity contribution in [3.05, 3.63) is 101 Å². The molecule has 0 spiro atoms. The molecule has 8 nitrogen and oxygen atoms in total. The number of ether oxygens (including phenoxy) is 1. The van der Waals surface area contributed by atoms with Crippen molar-refractivity contribution in [1.29, 1.82) is 0 Å². The number of alkyl halides is 3. The van der Waals surface area contributed by atoms with Crippen molar-refractivity contribution in [2.45, 2.75) is 50.5 Å². The Balaban J connectivity index is 0.00000576. The minimum absolute atomic E-state index is 0. The van der Waals surface area contributed by atoms with E-state index < -0.39 is 71.4 Å². The fourth-order valence-corrected chi connectivity index (χ4v) is 5.50. The van der Waals surface area contributed by atoms with Gasteiger partial charge in [0.1, 0.15) is 5.82 Å². The van der Waals surface area contributed by atoms with Crippen LogP contribution in [0.25, 0.3) is 0 Å². The van der Waals surface area contributed by atoms with Gasteiger partial charge in [-0.15, -0.1) is 0 Å². The zero-order valence-corrected chi connectivity index (χ0v) is 27.4. The summed E-state index contributed by atoms with van der Waals surface area (Å²) >= 11 is 0. The van der Waals surface area contributed by atoms with Gasteiger partial charge < -0.3 is 24.9 Å². The van der Waals surface area contributed by atoms with Crippen LogP contribution in [-0.2, 0) is 22.3 Å². The fourth-order valence-electron chi connectivity index (χ4n) is 5.50. The van der Waals surface area contributed by atoms with Gasteiger partial charge in [-0.1, -0.05) is 48.5 Å². The number of aliphatic carboxylic acids is 1. The summed E-state index contributed by atoms with van der Waals surface area (Å²) in [6, 6.07) is 12.2. The summed E-state index contributed by atoms with van der Waals surface area (Å²) in [6.07, 6.45) is -5.02. The predicted octanol–water partition coefficient (Wildman–Crippen LogP) is 1.79. The summed E-state index contributed by atoms with van der Waals surface area (Å²) in [5.74, 6) is -5.75. The number of hydrogen-bond donors (Lipinski definition) is 1. The first kappa shape index (κ1) is 36.9. The Bertz CT molecular complexity index is 1540. The van der Waals surface area contributed by atoms with Crippen molar-refractivity contribution in [1.82, 2.24) is 15.1 Å². The average molecular weight is 656 g/mol. The van der Waals surface area contributed by atoms with Crippen molar-refractivity contribution in [3.8, 4) is 5.75 Å². The molecule has 0 saturated carbocycles.